The summed E-state index contributed by atoms with van der Waals surface area (Å²) < 4.78 is 0. The van der Waals surface area contributed by atoms with Gasteiger partial charge in [-0.15, -0.1) is 0 Å². The minimum absolute atomic E-state index is 0.115. The van der Waals surface area contributed by atoms with Crippen LogP contribution >= 0.6 is 11.6 Å². The number of halogens is 1. The zero-order valence-electron chi connectivity index (χ0n) is 13.5. The molecule has 0 aromatic heterocycles. The number of nitro benzene ring substituents is 1. The van der Waals surface area contributed by atoms with Gasteiger partial charge in [0, 0.05) is 11.1 Å². The van der Waals surface area contributed by atoms with Crippen LogP contribution in [0.4, 0.5) is 5.69 Å². The lowest BCUT2D eigenvalue weighted by Crippen LogP contribution is -2.02. The molecule has 1 N–H and O–H groups in total. The maximum atomic E-state index is 11.9. The summed E-state index contributed by atoms with van der Waals surface area (Å²) in [5.74, 6) is -0.781. The molecule has 0 saturated carbocycles. The van der Waals surface area contributed by atoms with Crippen LogP contribution in [0.15, 0.2) is 54.6 Å². The average molecular weight is 372 g/mol. The Morgan fingerprint density at radius 2 is 1.65 bits per heavy atom. The molecule has 132 valence electrons. The van der Waals surface area contributed by atoms with E-state index in [1.54, 1.807) is 12.1 Å². The second-order valence-corrected chi connectivity index (χ2v) is 5.76. The van der Waals surface area contributed by atoms with Crippen LogP contribution in [0.25, 0.3) is 12.2 Å². The van der Waals surface area contributed by atoms with E-state index in [9.17, 15) is 24.8 Å². The van der Waals surface area contributed by atoms with E-state index < -0.39 is 16.5 Å². The van der Waals surface area contributed by atoms with Gasteiger partial charge in [-0.2, -0.15) is 0 Å². The maximum absolute atomic E-state index is 11.9. The number of phenolic OH excluding ortho intramolecular Hbond substituents is 1. The topological polar surface area (TPSA) is 97.5 Å². The smallest absolute Gasteiger partial charge is 0.276 e. The second-order valence-electron chi connectivity index (χ2n) is 5.33. The van der Waals surface area contributed by atoms with E-state index in [-0.39, 0.29) is 23.4 Å². The number of benzene rings is 2. The summed E-state index contributed by atoms with van der Waals surface area (Å²) in [6, 6.07) is 10.2. The van der Waals surface area contributed by atoms with Gasteiger partial charge >= 0.3 is 0 Å². The Hall–Kier alpha value is -3.25. The molecule has 0 aliphatic rings. The van der Waals surface area contributed by atoms with E-state index in [2.05, 4.69) is 0 Å². The Morgan fingerprint density at radius 1 is 1.04 bits per heavy atom. The van der Waals surface area contributed by atoms with Gasteiger partial charge in [-0.1, -0.05) is 29.8 Å². The lowest BCUT2D eigenvalue weighted by Gasteiger charge is -1.98. The Kier molecular flexibility index (Phi) is 6.41. The van der Waals surface area contributed by atoms with Crippen LogP contribution in [0.3, 0.4) is 0 Å². The summed E-state index contributed by atoms with van der Waals surface area (Å²) in [5.41, 5.74) is 0.702. The molecule has 26 heavy (non-hydrogen) atoms. The Morgan fingerprint density at radius 3 is 2.27 bits per heavy atom. The normalized spacial score (nSPS) is 11.1. The lowest BCUT2D eigenvalue weighted by atomic mass is 10.1. The highest BCUT2D eigenvalue weighted by molar-refractivity contribution is 6.30. The second kappa shape index (κ2) is 8.73. The molecule has 0 saturated heterocycles. The van der Waals surface area contributed by atoms with Crippen molar-refractivity contribution in [1.29, 1.82) is 0 Å². The third-order valence-electron chi connectivity index (χ3n) is 3.34. The molecule has 0 heterocycles. The van der Waals surface area contributed by atoms with Gasteiger partial charge in [0.25, 0.3) is 5.69 Å². The van der Waals surface area contributed by atoms with Crippen LogP contribution in [0, 0.1) is 10.1 Å². The number of hydrogen-bond acceptors (Lipinski definition) is 5. The highest BCUT2D eigenvalue weighted by atomic mass is 35.5. The van der Waals surface area contributed by atoms with Crippen LogP contribution in [0.2, 0.25) is 5.02 Å². The Labute approximate surface area is 154 Å². The fourth-order valence-corrected chi connectivity index (χ4v) is 2.25. The zero-order valence-corrected chi connectivity index (χ0v) is 14.2. The van der Waals surface area contributed by atoms with Crippen molar-refractivity contribution in [2.75, 3.05) is 0 Å². The molecule has 2 rings (SSSR count). The van der Waals surface area contributed by atoms with Gasteiger partial charge < -0.3 is 5.11 Å². The minimum Gasteiger partial charge on any atom is -0.508 e. The monoisotopic (exact) mass is 371 g/mol. The fraction of sp³-hybridized carbons (Fsp3) is 0.0526. The summed E-state index contributed by atoms with van der Waals surface area (Å²) in [7, 11) is 0. The number of carbonyl (C=O) groups is 2. The molecule has 0 fully saturated rings. The molecular weight excluding hydrogens is 358 g/mol. The molecule has 6 nitrogen and oxygen atoms in total. The zero-order chi connectivity index (χ0) is 19.1. The molecule has 7 heteroatoms. The SMILES string of the molecule is O=C(C=Cc1ccc(O)cc1)CC(=O)C=Cc1cc(Cl)ccc1[N+](=O)[O-]. The highest BCUT2D eigenvalue weighted by Crippen LogP contribution is 2.24. The van der Waals surface area contributed by atoms with Crippen LogP contribution in [0.1, 0.15) is 17.5 Å². The molecule has 0 atom stereocenters. The van der Waals surface area contributed by atoms with Gasteiger partial charge in [0.1, 0.15) is 5.75 Å². The largest absolute Gasteiger partial charge is 0.508 e. The number of aromatic hydroxyl groups is 1. The predicted molar refractivity (Wildman–Crippen MR) is 98.9 cm³/mol. The van der Waals surface area contributed by atoms with Crippen molar-refractivity contribution < 1.29 is 19.6 Å². The third-order valence-corrected chi connectivity index (χ3v) is 3.57. The highest BCUT2D eigenvalue weighted by Gasteiger charge is 2.12. The summed E-state index contributed by atoms with van der Waals surface area (Å²) in [6.45, 7) is 0. The summed E-state index contributed by atoms with van der Waals surface area (Å²) in [6.07, 6.45) is 4.81. The van der Waals surface area contributed by atoms with Crippen LogP contribution in [-0.2, 0) is 9.59 Å². The van der Waals surface area contributed by atoms with Gasteiger partial charge in [-0.25, -0.2) is 0 Å². The number of carbonyl (C=O) groups excluding carboxylic acids is 2. The molecule has 0 aliphatic carbocycles. The summed E-state index contributed by atoms with van der Waals surface area (Å²) >= 11 is 5.81. The molecule has 0 bridgehead atoms. The number of phenols is 1. The van der Waals surface area contributed by atoms with E-state index in [0.29, 0.717) is 10.6 Å². The molecule has 0 amide bonds. The van der Waals surface area contributed by atoms with E-state index in [4.69, 9.17) is 11.6 Å². The molecule has 0 spiro atoms. The van der Waals surface area contributed by atoms with Gasteiger partial charge in [0.05, 0.1) is 16.9 Å². The molecule has 2 aromatic rings. The van der Waals surface area contributed by atoms with Gasteiger partial charge in [-0.3, -0.25) is 19.7 Å². The summed E-state index contributed by atoms with van der Waals surface area (Å²) in [4.78, 5) is 34.1. The number of ketones is 2. The number of hydrogen-bond donors (Lipinski definition) is 1. The summed E-state index contributed by atoms with van der Waals surface area (Å²) in [5, 5.41) is 20.4. The van der Waals surface area contributed by atoms with Crippen molar-refractivity contribution in [1.82, 2.24) is 0 Å². The lowest BCUT2D eigenvalue weighted by molar-refractivity contribution is -0.385. The van der Waals surface area contributed by atoms with Crippen molar-refractivity contribution in [2.24, 2.45) is 0 Å². The maximum Gasteiger partial charge on any atom is 0.276 e. The standard InChI is InChI=1S/C19H14ClNO5/c20-15-5-10-19(21(25)26)14(11-15)4-9-18(24)12-17(23)8-3-13-1-6-16(22)7-2-13/h1-11,22H,12H2. The Bertz CT molecular complexity index is 901. The first-order valence-electron chi connectivity index (χ1n) is 7.50. The predicted octanol–water partition coefficient (Wildman–Crippen LogP) is 4.21. The van der Waals surface area contributed by atoms with Crippen molar-refractivity contribution in [3.63, 3.8) is 0 Å². The first-order chi connectivity index (χ1) is 12.3. The molecule has 0 unspecified atom stereocenters. The van der Waals surface area contributed by atoms with Crippen LogP contribution < -0.4 is 0 Å². The first-order valence-corrected chi connectivity index (χ1v) is 7.88. The third kappa shape index (κ3) is 5.68. The molecular formula is C19H14ClNO5. The van der Waals surface area contributed by atoms with Crippen molar-refractivity contribution >= 4 is 41.0 Å². The average Bonchev–Trinajstić information content (AvgIpc) is 2.59. The number of allylic oxidation sites excluding steroid dienone is 2. The van der Waals surface area contributed by atoms with Crippen molar-refractivity contribution in [3.05, 3.63) is 80.9 Å². The number of nitrogens with zero attached hydrogens (tertiary/aromatic N) is 1. The van der Waals surface area contributed by atoms with Crippen molar-refractivity contribution in [2.45, 2.75) is 6.42 Å². The molecule has 0 radical (unpaired) electrons. The number of rotatable bonds is 7. The first kappa shape index (κ1) is 19.1. The molecule has 0 aliphatic heterocycles. The van der Waals surface area contributed by atoms with Gasteiger partial charge in [0.15, 0.2) is 11.6 Å². The van der Waals surface area contributed by atoms with Gasteiger partial charge in [0.2, 0.25) is 0 Å². The van der Waals surface area contributed by atoms with E-state index >= 15 is 0 Å². The van der Waals surface area contributed by atoms with Crippen LogP contribution in [0.5, 0.6) is 5.75 Å². The van der Waals surface area contributed by atoms with Crippen molar-refractivity contribution in [3.8, 4) is 5.75 Å². The minimum atomic E-state index is -0.577. The van der Waals surface area contributed by atoms with Gasteiger partial charge in [-0.05, 0) is 48.1 Å². The molecule has 2 aromatic carbocycles. The Balaban J connectivity index is 2.01. The van der Waals surface area contributed by atoms with Crippen LogP contribution in [-0.4, -0.2) is 21.6 Å². The fourth-order valence-electron chi connectivity index (χ4n) is 2.07. The van der Waals surface area contributed by atoms with E-state index in [0.717, 1.165) is 6.08 Å². The van der Waals surface area contributed by atoms with E-state index in [1.807, 2.05) is 0 Å². The number of nitro groups is 1. The quantitative estimate of drug-likeness (QED) is 0.340. The van der Waals surface area contributed by atoms with E-state index in [1.165, 1.54) is 48.6 Å².